The number of benzene rings is 2. The molecular weight excluding hydrogens is 454 g/mol. The lowest BCUT2D eigenvalue weighted by molar-refractivity contribution is -0.115. The molecule has 0 radical (unpaired) electrons. The summed E-state index contributed by atoms with van der Waals surface area (Å²) >= 11 is 1.41. The summed E-state index contributed by atoms with van der Waals surface area (Å²) in [7, 11) is -3.06. The number of fused-ring (bicyclic) bond motifs is 1. The average molecular weight is 484 g/mol. The number of rotatable bonds is 4. The second kappa shape index (κ2) is 9.14. The number of anilines is 2. The smallest absolute Gasteiger partial charge is 0.244 e. The molecule has 3 saturated heterocycles. The zero-order chi connectivity index (χ0) is 23.0. The largest absolute Gasteiger partial charge is 0.372 e. The second-order valence-electron chi connectivity index (χ2n) is 9.22. The van der Waals surface area contributed by atoms with Crippen LogP contribution in [0.3, 0.4) is 0 Å². The number of amidine groups is 1. The minimum atomic E-state index is -3.06. The lowest BCUT2D eigenvalue weighted by Crippen LogP contribution is -2.38. The highest BCUT2D eigenvalue weighted by Gasteiger charge is 2.49. The van der Waals surface area contributed by atoms with Crippen LogP contribution in [0, 0.1) is 5.92 Å². The van der Waals surface area contributed by atoms with E-state index in [1.807, 2.05) is 17.0 Å². The van der Waals surface area contributed by atoms with E-state index in [0.717, 1.165) is 31.1 Å². The molecule has 0 saturated carbocycles. The number of hydrogen-bond donors (Lipinski definition) is 0. The summed E-state index contributed by atoms with van der Waals surface area (Å²) in [6.07, 6.45) is 3.50. The van der Waals surface area contributed by atoms with Crippen molar-refractivity contribution >= 4 is 44.0 Å². The molecular formula is C25H29N3O3S2. The van der Waals surface area contributed by atoms with Gasteiger partial charge in [-0.2, -0.15) is 4.99 Å². The molecule has 5 rings (SSSR count). The molecule has 3 aliphatic heterocycles. The highest BCUT2D eigenvalue weighted by Crippen LogP contribution is 2.41. The number of aliphatic imine (C=N–C) groups is 1. The summed E-state index contributed by atoms with van der Waals surface area (Å²) in [4.78, 5) is 20.2. The average Bonchev–Trinajstić information content (AvgIpc) is 3.25. The van der Waals surface area contributed by atoms with Gasteiger partial charge >= 0.3 is 0 Å². The highest BCUT2D eigenvalue weighted by molar-refractivity contribution is 8.16. The van der Waals surface area contributed by atoms with Crippen molar-refractivity contribution < 1.29 is 13.2 Å². The molecule has 3 fully saturated rings. The van der Waals surface area contributed by atoms with E-state index in [4.69, 9.17) is 0 Å². The third-order valence-electron chi connectivity index (χ3n) is 6.79. The number of carbonyl (C=O) groups is 1. The Hall–Kier alpha value is -2.32. The maximum Gasteiger partial charge on any atom is 0.244 e. The SMILES string of the molecule is CC(=O)N=C1S[C@H]2CS(=O)(=O)C[C@@H]2N1c1ccc(N2CCC(Cc3ccccc3)CC2)cc1. The predicted octanol–water partition coefficient (Wildman–Crippen LogP) is 3.77. The normalized spacial score (nSPS) is 26.0. The first-order chi connectivity index (χ1) is 15.9. The molecule has 8 heteroatoms. The Morgan fingerprint density at radius 2 is 1.67 bits per heavy atom. The van der Waals surface area contributed by atoms with Gasteiger partial charge < -0.3 is 9.80 Å². The van der Waals surface area contributed by atoms with Gasteiger partial charge in [0.15, 0.2) is 15.0 Å². The molecule has 0 unspecified atom stereocenters. The maximum absolute atomic E-state index is 12.2. The van der Waals surface area contributed by atoms with Crippen LogP contribution >= 0.6 is 11.8 Å². The Balaban J connectivity index is 1.27. The number of sulfone groups is 1. The van der Waals surface area contributed by atoms with Crippen LogP contribution in [0.2, 0.25) is 0 Å². The van der Waals surface area contributed by atoms with Crippen molar-refractivity contribution in [3.05, 3.63) is 60.2 Å². The van der Waals surface area contributed by atoms with Crippen molar-refractivity contribution in [3.8, 4) is 0 Å². The number of piperidine rings is 1. The van der Waals surface area contributed by atoms with Crippen molar-refractivity contribution in [2.75, 3.05) is 34.4 Å². The first kappa shape index (κ1) is 22.5. The summed E-state index contributed by atoms with van der Waals surface area (Å²) in [5.74, 6) is 0.709. The summed E-state index contributed by atoms with van der Waals surface area (Å²) in [6.45, 7) is 3.51. The Morgan fingerprint density at radius 3 is 2.33 bits per heavy atom. The van der Waals surface area contributed by atoms with Gasteiger partial charge in [0, 0.05) is 36.6 Å². The van der Waals surface area contributed by atoms with E-state index in [0.29, 0.717) is 5.17 Å². The fourth-order valence-corrected chi connectivity index (χ4v) is 9.13. The molecule has 0 aliphatic carbocycles. The molecule has 1 amide bonds. The Bertz CT molecular complexity index is 1140. The van der Waals surface area contributed by atoms with Crippen molar-refractivity contribution in [3.63, 3.8) is 0 Å². The van der Waals surface area contributed by atoms with Gasteiger partial charge in [0.1, 0.15) is 0 Å². The summed E-state index contributed by atoms with van der Waals surface area (Å²) in [5, 5.41) is 0.540. The van der Waals surface area contributed by atoms with E-state index in [2.05, 4.69) is 52.4 Å². The summed E-state index contributed by atoms with van der Waals surface area (Å²) in [5.41, 5.74) is 3.50. The lowest BCUT2D eigenvalue weighted by atomic mass is 9.90. The van der Waals surface area contributed by atoms with Crippen molar-refractivity contribution in [1.82, 2.24) is 0 Å². The molecule has 3 heterocycles. The molecule has 0 N–H and O–H groups in total. The molecule has 6 nitrogen and oxygen atoms in total. The maximum atomic E-state index is 12.2. The van der Waals surface area contributed by atoms with Crippen LogP contribution in [0.1, 0.15) is 25.3 Å². The van der Waals surface area contributed by atoms with Crippen molar-refractivity contribution in [2.24, 2.45) is 10.9 Å². The van der Waals surface area contributed by atoms with E-state index in [-0.39, 0.29) is 28.7 Å². The zero-order valence-corrected chi connectivity index (χ0v) is 20.4. The van der Waals surface area contributed by atoms with Gasteiger partial charge in [-0.3, -0.25) is 4.79 Å². The van der Waals surface area contributed by atoms with Gasteiger partial charge in [-0.1, -0.05) is 42.1 Å². The quantitative estimate of drug-likeness (QED) is 0.659. The molecule has 0 spiro atoms. The van der Waals surface area contributed by atoms with Crippen molar-refractivity contribution in [2.45, 2.75) is 37.5 Å². The van der Waals surface area contributed by atoms with E-state index in [1.54, 1.807) is 0 Å². The number of thioether (sulfide) groups is 1. The van der Waals surface area contributed by atoms with Gasteiger partial charge in [0.2, 0.25) is 5.91 Å². The molecule has 174 valence electrons. The van der Waals surface area contributed by atoms with Crippen LogP contribution < -0.4 is 9.80 Å². The van der Waals surface area contributed by atoms with E-state index < -0.39 is 9.84 Å². The Morgan fingerprint density at radius 1 is 1.00 bits per heavy atom. The first-order valence-corrected chi connectivity index (χ1v) is 14.2. The van der Waals surface area contributed by atoms with E-state index >= 15 is 0 Å². The van der Waals surface area contributed by atoms with Crippen LogP contribution in [-0.2, 0) is 21.1 Å². The number of carbonyl (C=O) groups excluding carboxylic acids is 1. The topological polar surface area (TPSA) is 70.0 Å². The Kier molecular flexibility index (Phi) is 6.22. The fourth-order valence-electron chi connectivity index (χ4n) is 5.17. The second-order valence-corrected chi connectivity index (χ2v) is 12.6. The minimum Gasteiger partial charge on any atom is -0.372 e. The van der Waals surface area contributed by atoms with E-state index in [9.17, 15) is 13.2 Å². The van der Waals surface area contributed by atoms with Gasteiger partial charge in [-0.15, -0.1) is 0 Å². The van der Waals surface area contributed by atoms with Gasteiger partial charge in [-0.05, 0) is 55.0 Å². The third kappa shape index (κ3) is 4.96. The van der Waals surface area contributed by atoms with Crippen LogP contribution in [0.4, 0.5) is 11.4 Å². The zero-order valence-electron chi connectivity index (χ0n) is 18.8. The van der Waals surface area contributed by atoms with Crippen LogP contribution in [0.15, 0.2) is 59.6 Å². The van der Waals surface area contributed by atoms with Crippen LogP contribution in [0.5, 0.6) is 0 Å². The summed E-state index contributed by atoms with van der Waals surface area (Å²) < 4.78 is 24.4. The van der Waals surface area contributed by atoms with Crippen LogP contribution in [0.25, 0.3) is 0 Å². The molecule has 2 atom stereocenters. The Labute approximate surface area is 200 Å². The molecule has 0 bridgehead atoms. The molecule has 33 heavy (non-hydrogen) atoms. The van der Waals surface area contributed by atoms with Gasteiger partial charge in [0.25, 0.3) is 0 Å². The lowest BCUT2D eigenvalue weighted by Gasteiger charge is -2.34. The number of hydrogen-bond acceptors (Lipinski definition) is 5. The monoisotopic (exact) mass is 483 g/mol. The minimum absolute atomic E-state index is 0.0728. The predicted molar refractivity (Wildman–Crippen MR) is 136 cm³/mol. The number of amides is 1. The van der Waals surface area contributed by atoms with Gasteiger partial charge in [0.05, 0.1) is 17.5 Å². The summed E-state index contributed by atoms with van der Waals surface area (Å²) in [6, 6.07) is 18.8. The number of nitrogens with zero attached hydrogens (tertiary/aromatic N) is 3. The molecule has 2 aromatic rings. The van der Waals surface area contributed by atoms with Crippen LogP contribution in [-0.4, -0.2) is 55.4 Å². The third-order valence-corrected chi connectivity index (χ3v) is 10.0. The van der Waals surface area contributed by atoms with Gasteiger partial charge in [-0.25, -0.2) is 8.42 Å². The fraction of sp³-hybridized carbons (Fsp3) is 0.440. The highest BCUT2D eigenvalue weighted by atomic mass is 32.2. The standard InChI is InChI=1S/C25H29N3O3S2/c1-18(29)26-25-28(23-16-33(30,31)17-24(23)32-25)22-9-7-21(8-10-22)27-13-11-20(12-14-27)15-19-5-3-2-4-6-19/h2-10,20,23-24H,11-17H2,1H3/t23-,24-/m0/s1. The first-order valence-electron chi connectivity index (χ1n) is 11.5. The molecule has 3 aliphatic rings. The molecule has 0 aromatic heterocycles. The molecule has 2 aromatic carbocycles. The van der Waals surface area contributed by atoms with E-state index in [1.165, 1.54) is 42.8 Å². The van der Waals surface area contributed by atoms with Crippen molar-refractivity contribution in [1.29, 1.82) is 0 Å².